The lowest BCUT2D eigenvalue weighted by Gasteiger charge is -2.10. The van der Waals surface area contributed by atoms with Crippen molar-refractivity contribution in [2.45, 2.75) is 0 Å². The van der Waals surface area contributed by atoms with Crippen molar-refractivity contribution < 1.29 is 4.74 Å². The molecule has 0 N–H and O–H groups in total. The van der Waals surface area contributed by atoms with Crippen LogP contribution in [0.1, 0.15) is 0 Å². The SMILES string of the molecule is COc1ccccc1-n1ccn2cc(-c3ccccc3)nc2c1=O. The molecule has 2 aromatic heterocycles. The maximum Gasteiger partial charge on any atom is 0.298 e. The molecule has 0 unspecified atom stereocenters. The van der Waals surface area contributed by atoms with Crippen LogP contribution < -0.4 is 10.3 Å². The number of ether oxygens (including phenoxy) is 1. The van der Waals surface area contributed by atoms with Crippen molar-refractivity contribution in [3.8, 4) is 22.7 Å². The van der Waals surface area contributed by atoms with Crippen molar-refractivity contribution >= 4 is 5.65 Å². The Bertz CT molecular complexity index is 1060. The summed E-state index contributed by atoms with van der Waals surface area (Å²) in [4.78, 5) is 17.4. The highest BCUT2D eigenvalue weighted by Gasteiger charge is 2.12. The van der Waals surface area contributed by atoms with Gasteiger partial charge in [0.2, 0.25) is 5.65 Å². The van der Waals surface area contributed by atoms with Gasteiger partial charge in [-0.15, -0.1) is 0 Å². The van der Waals surface area contributed by atoms with Crippen LogP contribution in [0, 0.1) is 0 Å². The maximum atomic E-state index is 12.9. The third-order valence-corrected chi connectivity index (χ3v) is 3.93. The van der Waals surface area contributed by atoms with Crippen LogP contribution in [0.5, 0.6) is 5.75 Å². The van der Waals surface area contributed by atoms with E-state index in [-0.39, 0.29) is 5.56 Å². The molecule has 2 heterocycles. The van der Waals surface area contributed by atoms with E-state index in [0.717, 1.165) is 11.3 Å². The average molecular weight is 317 g/mol. The fourth-order valence-corrected chi connectivity index (χ4v) is 2.75. The van der Waals surface area contributed by atoms with E-state index in [0.29, 0.717) is 17.1 Å². The lowest BCUT2D eigenvalue weighted by Crippen LogP contribution is -2.20. The fourth-order valence-electron chi connectivity index (χ4n) is 2.75. The second kappa shape index (κ2) is 5.70. The van der Waals surface area contributed by atoms with Crippen LogP contribution in [0.15, 0.2) is 78.0 Å². The Balaban J connectivity index is 1.91. The van der Waals surface area contributed by atoms with E-state index in [1.165, 1.54) is 0 Å². The van der Waals surface area contributed by atoms with E-state index in [1.807, 2.05) is 67.0 Å². The van der Waals surface area contributed by atoms with Gasteiger partial charge in [-0.25, -0.2) is 4.98 Å². The number of hydrogen-bond acceptors (Lipinski definition) is 3. The molecule has 0 saturated heterocycles. The monoisotopic (exact) mass is 317 g/mol. The highest BCUT2D eigenvalue weighted by molar-refractivity contribution is 5.62. The first kappa shape index (κ1) is 14.3. The van der Waals surface area contributed by atoms with Crippen molar-refractivity contribution in [3.63, 3.8) is 0 Å². The lowest BCUT2D eigenvalue weighted by molar-refractivity contribution is 0.412. The molecule has 4 rings (SSSR count). The van der Waals surface area contributed by atoms with Crippen molar-refractivity contribution in [2.75, 3.05) is 7.11 Å². The summed E-state index contributed by atoms with van der Waals surface area (Å²) in [6.07, 6.45) is 5.41. The molecule has 0 bridgehead atoms. The van der Waals surface area contributed by atoms with Gasteiger partial charge in [0, 0.05) is 24.2 Å². The van der Waals surface area contributed by atoms with E-state index in [9.17, 15) is 4.79 Å². The molecular weight excluding hydrogens is 302 g/mol. The molecular formula is C19H15N3O2. The van der Waals surface area contributed by atoms with Gasteiger partial charge in [0.05, 0.1) is 18.5 Å². The van der Waals surface area contributed by atoms with Crippen LogP contribution in [0.4, 0.5) is 0 Å². The molecule has 2 aromatic carbocycles. The van der Waals surface area contributed by atoms with Crippen LogP contribution in [0.2, 0.25) is 0 Å². The minimum atomic E-state index is -0.191. The summed E-state index contributed by atoms with van der Waals surface area (Å²) in [5.74, 6) is 0.638. The molecule has 5 heteroatoms. The molecule has 0 spiro atoms. The lowest BCUT2D eigenvalue weighted by atomic mass is 10.2. The molecule has 0 aliphatic carbocycles. The van der Waals surface area contributed by atoms with Gasteiger partial charge in [-0.2, -0.15) is 0 Å². The first-order chi connectivity index (χ1) is 11.8. The Morgan fingerprint density at radius 3 is 2.50 bits per heavy atom. The highest BCUT2D eigenvalue weighted by Crippen LogP contribution is 2.21. The first-order valence-corrected chi connectivity index (χ1v) is 7.57. The average Bonchev–Trinajstić information content (AvgIpc) is 3.08. The van der Waals surface area contributed by atoms with Crippen LogP contribution in [-0.4, -0.2) is 21.1 Å². The van der Waals surface area contributed by atoms with Crippen LogP contribution in [-0.2, 0) is 0 Å². The van der Waals surface area contributed by atoms with E-state index in [2.05, 4.69) is 4.98 Å². The summed E-state index contributed by atoms with van der Waals surface area (Å²) >= 11 is 0. The van der Waals surface area contributed by atoms with E-state index >= 15 is 0 Å². The zero-order valence-corrected chi connectivity index (χ0v) is 13.1. The second-order valence-electron chi connectivity index (χ2n) is 5.37. The van der Waals surface area contributed by atoms with Crippen molar-refractivity contribution in [2.24, 2.45) is 0 Å². The van der Waals surface area contributed by atoms with Gasteiger partial charge in [0.25, 0.3) is 5.56 Å². The third kappa shape index (κ3) is 2.27. The van der Waals surface area contributed by atoms with E-state index in [4.69, 9.17) is 4.74 Å². The molecule has 24 heavy (non-hydrogen) atoms. The maximum absolute atomic E-state index is 12.9. The second-order valence-corrected chi connectivity index (χ2v) is 5.37. The molecule has 0 radical (unpaired) electrons. The number of nitrogens with zero attached hydrogens (tertiary/aromatic N) is 3. The standard InChI is InChI=1S/C19H15N3O2/c1-24-17-10-6-5-9-16(17)22-12-11-21-13-15(20-18(21)19(22)23)14-7-3-2-4-8-14/h2-13H,1H3. The van der Waals surface area contributed by atoms with Crippen molar-refractivity contribution in [3.05, 3.63) is 83.5 Å². The van der Waals surface area contributed by atoms with Crippen LogP contribution in [0.25, 0.3) is 22.6 Å². The summed E-state index contributed by atoms with van der Waals surface area (Å²) in [7, 11) is 1.59. The molecule has 5 nitrogen and oxygen atoms in total. The molecule has 0 amide bonds. The van der Waals surface area contributed by atoms with Gasteiger partial charge < -0.3 is 9.14 Å². The summed E-state index contributed by atoms with van der Waals surface area (Å²) in [5.41, 5.74) is 2.62. The number of hydrogen-bond donors (Lipinski definition) is 0. The van der Waals surface area contributed by atoms with Crippen LogP contribution in [0.3, 0.4) is 0 Å². The van der Waals surface area contributed by atoms with Gasteiger partial charge in [0.15, 0.2) is 0 Å². The smallest absolute Gasteiger partial charge is 0.298 e. The number of aromatic nitrogens is 3. The zero-order chi connectivity index (χ0) is 16.5. The topological polar surface area (TPSA) is 48.5 Å². The van der Waals surface area contributed by atoms with E-state index in [1.54, 1.807) is 22.3 Å². The predicted molar refractivity (Wildman–Crippen MR) is 92.8 cm³/mol. The summed E-state index contributed by atoms with van der Waals surface area (Å²) < 4.78 is 8.65. The van der Waals surface area contributed by atoms with E-state index < -0.39 is 0 Å². The van der Waals surface area contributed by atoms with Gasteiger partial charge in [0.1, 0.15) is 5.75 Å². The van der Waals surface area contributed by atoms with Gasteiger partial charge in [-0.1, -0.05) is 42.5 Å². The Morgan fingerprint density at radius 1 is 0.958 bits per heavy atom. The molecule has 0 fully saturated rings. The molecule has 118 valence electrons. The number of imidazole rings is 1. The van der Waals surface area contributed by atoms with Gasteiger partial charge >= 0.3 is 0 Å². The molecule has 0 aliphatic heterocycles. The van der Waals surface area contributed by atoms with Crippen LogP contribution >= 0.6 is 0 Å². The Morgan fingerprint density at radius 2 is 1.71 bits per heavy atom. The molecule has 4 aromatic rings. The molecule has 0 atom stereocenters. The van der Waals surface area contributed by atoms with Gasteiger partial charge in [-0.3, -0.25) is 9.36 Å². The summed E-state index contributed by atoms with van der Waals surface area (Å²) in [6.45, 7) is 0. The van der Waals surface area contributed by atoms with Gasteiger partial charge in [-0.05, 0) is 12.1 Å². The number of methoxy groups -OCH3 is 1. The summed E-state index contributed by atoms with van der Waals surface area (Å²) in [5, 5.41) is 0. The predicted octanol–water partition coefficient (Wildman–Crippen LogP) is 3.16. The number of rotatable bonds is 3. The highest BCUT2D eigenvalue weighted by atomic mass is 16.5. The number of benzene rings is 2. The Hall–Kier alpha value is -3.34. The van der Waals surface area contributed by atoms with Crippen molar-refractivity contribution in [1.82, 2.24) is 14.0 Å². The fraction of sp³-hybridized carbons (Fsp3) is 0.0526. The molecule has 0 aliphatic rings. The number of fused-ring (bicyclic) bond motifs is 1. The minimum absolute atomic E-state index is 0.191. The third-order valence-electron chi connectivity index (χ3n) is 3.93. The zero-order valence-electron chi connectivity index (χ0n) is 13.1. The quantitative estimate of drug-likeness (QED) is 0.583. The largest absolute Gasteiger partial charge is 0.495 e. The minimum Gasteiger partial charge on any atom is -0.495 e. The Kier molecular flexibility index (Phi) is 3.39. The van der Waals surface area contributed by atoms with Crippen molar-refractivity contribution in [1.29, 1.82) is 0 Å². The summed E-state index contributed by atoms with van der Waals surface area (Å²) in [6, 6.07) is 17.2. The number of para-hydroxylation sites is 2. The molecule has 0 saturated carbocycles. The first-order valence-electron chi connectivity index (χ1n) is 7.57. The normalized spacial score (nSPS) is 10.9. The Labute approximate surface area is 138 Å².